The molecule has 4 aliphatic carbocycles. The van der Waals surface area contributed by atoms with E-state index in [0.29, 0.717) is 47.8 Å². The average molecular weight is 485 g/mol. The van der Waals surface area contributed by atoms with Crippen molar-refractivity contribution in [1.29, 1.82) is 0 Å². The van der Waals surface area contributed by atoms with Crippen LogP contribution in [-0.4, -0.2) is 39.2 Å². The molecule has 1 aromatic carbocycles. The predicted octanol–water partition coefficient (Wildman–Crippen LogP) is 5.86. The summed E-state index contributed by atoms with van der Waals surface area (Å²) in [5.74, 6) is 3.93. The van der Waals surface area contributed by atoms with Gasteiger partial charge in [0.1, 0.15) is 5.78 Å². The molecule has 4 fully saturated rings. The molecule has 6 rings (SSSR count). The number of carbonyl (C=O) groups excluding carboxylic acids is 1. The number of fused-ring (bicyclic) bond motifs is 5. The molecule has 1 saturated heterocycles. The summed E-state index contributed by atoms with van der Waals surface area (Å²) < 4.78 is 6.50. The number of carbonyl (C=O) groups is 1. The quantitative estimate of drug-likeness (QED) is 0.542. The Hall–Kier alpha value is -0.750. The number of allylic oxidation sites excluding steroid dienone is 1. The third kappa shape index (κ3) is 3.59. The number of Topliss-reactive ketones (excluding diaryl/α,β-unsaturated/α-hetero) is 1. The maximum absolute atomic E-state index is 13.3. The molecule has 1 heterocycles. The SMILES string of the molecule is C[C@]12CCC3(C=C1CC[C@@H]1[C@@H]2[C@@H](O)C[C@]2(COCc4ccccc4)C(=O)CC[C@@H]12)SCCS3. The third-order valence-electron chi connectivity index (χ3n) is 9.76. The Kier molecular flexibility index (Phi) is 5.80. The van der Waals surface area contributed by atoms with E-state index in [-0.39, 0.29) is 11.3 Å². The molecule has 6 atom stereocenters. The number of aliphatic hydroxyl groups is 1. The van der Waals surface area contributed by atoms with Gasteiger partial charge in [-0.05, 0) is 67.3 Å². The van der Waals surface area contributed by atoms with Crippen molar-refractivity contribution >= 4 is 29.3 Å². The van der Waals surface area contributed by atoms with E-state index in [2.05, 4.69) is 48.7 Å². The zero-order chi connectivity index (χ0) is 22.7. The minimum absolute atomic E-state index is 0.0833. The summed E-state index contributed by atoms with van der Waals surface area (Å²) in [7, 11) is 0. The molecule has 5 heteroatoms. The summed E-state index contributed by atoms with van der Waals surface area (Å²) in [6.07, 6.45) is 9.07. The first-order valence-corrected chi connectivity index (χ1v) is 14.8. The Bertz CT molecular complexity index is 940. The van der Waals surface area contributed by atoms with Gasteiger partial charge in [0.2, 0.25) is 0 Å². The van der Waals surface area contributed by atoms with Crippen molar-refractivity contribution in [1.82, 2.24) is 0 Å². The molecule has 0 bridgehead atoms. The number of rotatable bonds is 4. The van der Waals surface area contributed by atoms with Crippen molar-refractivity contribution in [3.8, 4) is 0 Å². The van der Waals surface area contributed by atoms with E-state index >= 15 is 0 Å². The lowest BCUT2D eigenvalue weighted by molar-refractivity contribution is -0.161. The number of benzene rings is 1. The maximum atomic E-state index is 13.3. The van der Waals surface area contributed by atoms with E-state index in [1.165, 1.54) is 24.3 Å². The van der Waals surface area contributed by atoms with Crippen molar-refractivity contribution in [2.75, 3.05) is 18.1 Å². The van der Waals surface area contributed by atoms with Crippen LogP contribution in [0.15, 0.2) is 42.0 Å². The fourth-order valence-corrected chi connectivity index (χ4v) is 11.4. The highest BCUT2D eigenvalue weighted by molar-refractivity contribution is 8.21. The third-order valence-corrected chi connectivity index (χ3v) is 13.2. The highest BCUT2D eigenvalue weighted by Gasteiger charge is 2.64. The molecule has 1 aromatic rings. The first-order chi connectivity index (χ1) is 16.0. The van der Waals surface area contributed by atoms with Crippen LogP contribution >= 0.6 is 23.5 Å². The fourth-order valence-electron chi connectivity index (χ4n) is 8.25. The van der Waals surface area contributed by atoms with E-state index in [1.54, 1.807) is 5.57 Å². The minimum Gasteiger partial charge on any atom is -0.393 e. The van der Waals surface area contributed by atoms with Crippen LogP contribution in [0.25, 0.3) is 0 Å². The smallest absolute Gasteiger partial charge is 0.141 e. The molecular formula is C28H36O3S2. The Morgan fingerprint density at radius 1 is 1.09 bits per heavy atom. The molecule has 1 spiro atoms. The van der Waals surface area contributed by atoms with Crippen LogP contribution in [0.2, 0.25) is 0 Å². The zero-order valence-corrected chi connectivity index (χ0v) is 21.3. The standard InChI is InChI=1S/C28H36O3S2/c1-26-11-12-28(32-13-14-33-28)15-20(26)7-8-21-22-9-10-24(30)27(22,16-23(29)25(21)26)18-31-17-19-5-3-2-4-6-19/h2-6,15,21-23,25,29H,7-14,16-18H2,1H3/t21-,22-,23-,25+,26-,27+/m0/s1. The van der Waals surface area contributed by atoms with Crippen LogP contribution < -0.4 is 0 Å². The number of hydrogen-bond donors (Lipinski definition) is 1. The molecule has 5 aliphatic rings. The predicted molar refractivity (Wildman–Crippen MR) is 136 cm³/mol. The largest absolute Gasteiger partial charge is 0.393 e. The lowest BCUT2D eigenvalue weighted by atomic mass is 9.46. The topological polar surface area (TPSA) is 46.5 Å². The van der Waals surface area contributed by atoms with Crippen LogP contribution in [0.5, 0.6) is 0 Å². The monoisotopic (exact) mass is 484 g/mol. The second kappa shape index (κ2) is 8.43. The molecule has 0 aromatic heterocycles. The zero-order valence-electron chi connectivity index (χ0n) is 19.6. The first-order valence-electron chi connectivity index (χ1n) is 12.8. The van der Waals surface area contributed by atoms with Crippen molar-refractivity contribution in [3.05, 3.63) is 47.5 Å². The summed E-state index contributed by atoms with van der Waals surface area (Å²) >= 11 is 4.27. The molecule has 3 nitrogen and oxygen atoms in total. The Morgan fingerprint density at radius 2 is 1.88 bits per heavy atom. The Labute approximate surface area is 206 Å². The van der Waals surface area contributed by atoms with Crippen LogP contribution in [0, 0.1) is 28.6 Å². The maximum Gasteiger partial charge on any atom is 0.141 e. The number of hydrogen-bond acceptors (Lipinski definition) is 5. The summed E-state index contributed by atoms with van der Waals surface area (Å²) in [6, 6.07) is 10.2. The first kappa shape index (κ1) is 22.7. The normalized spacial score (nSPS) is 41.4. The Morgan fingerprint density at radius 3 is 2.67 bits per heavy atom. The second-order valence-electron chi connectivity index (χ2n) is 11.3. The van der Waals surface area contributed by atoms with E-state index in [1.807, 2.05) is 18.2 Å². The van der Waals surface area contributed by atoms with E-state index in [0.717, 1.165) is 24.8 Å². The van der Waals surface area contributed by atoms with Gasteiger partial charge in [-0.15, -0.1) is 23.5 Å². The van der Waals surface area contributed by atoms with Gasteiger partial charge in [0.25, 0.3) is 0 Å². The van der Waals surface area contributed by atoms with Gasteiger partial charge < -0.3 is 9.84 Å². The lowest BCUT2D eigenvalue weighted by Crippen LogP contribution is -2.58. The van der Waals surface area contributed by atoms with Gasteiger partial charge in [0, 0.05) is 17.9 Å². The summed E-state index contributed by atoms with van der Waals surface area (Å²) in [5.41, 5.74) is 2.34. The summed E-state index contributed by atoms with van der Waals surface area (Å²) in [5, 5.41) is 11.7. The van der Waals surface area contributed by atoms with Gasteiger partial charge in [0.05, 0.1) is 28.8 Å². The van der Waals surface area contributed by atoms with Gasteiger partial charge in [-0.1, -0.05) is 48.9 Å². The Balaban J connectivity index is 1.26. The number of thioether (sulfide) groups is 2. The fraction of sp³-hybridized carbons (Fsp3) is 0.679. The molecule has 0 unspecified atom stereocenters. The number of aliphatic hydroxyl groups excluding tert-OH is 1. The lowest BCUT2D eigenvalue weighted by Gasteiger charge is -2.60. The van der Waals surface area contributed by atoms with Crippen LogP contribution in [0.3, 0.4) is 0 Å². The van der Waals surface area contributed by atoms with Crippen LogP contribution in [0.1, 0.15) is 57.4 Å². The van der Waals surface area contributed by atoms with Crippen molar-refractivity contribution in [3.63, 3.8) is 0 Å². The molecule has 1 aliphatic heterocycles. The van der Waals surface area contributed by atoms with E-state index in [4.69, 9.17) is 4.74 Å². The van der Waals surface area contributed by atoms with E-state index < -0.39 is 11.5 Å². The highest BCUT2D eigenvalue weighted by atomic mass is 32.2. The van der Waals surface area contributed by atoms with Gasteiger partial charge >= 0.3 is 0 Å². The molecule has 0 radical (unpaired) electrons. The molecule has 0 amide bonds. The highest BCUT2D eigenvalue weighted by Crippen LogP contribution is 2.67. The average Bonchev–Trinajstić information content (AvgIpc) is 3.40. The van der Waals surface area contributed by atoms with Crippen LogP contribution in [-0.2, 0) is 16.1 Å². The molecule has 1 N–H and O–H groups in total. The van der Waals surface area contributed by atoms with Gasteiger partial charge in [-0.2, -0.15) is 0 Å². The van der Waals surface area contributed by atoms with E-state index in [9.17, 15) is 9.90 Å². The van der Waals surface area contributed by atoms with Crippen molar-refractivity contribution < 1.29 is 14.6 Å². The molecule has 33 heavy (non-hydrogen) atoms. The van der Waals surface area contributed by atoms with Gasteiger partial charge in [-0.3, -0.25) is 4.79 Å². The van der Waals surface area contributed by atoms with Gasteiger partial charge in [-0.25, -0.2) is 0 Å². The molecule has 178 valence electrons. The number of ether oxygens (including phenoxy) is 1. The second-order valence-corrected chi connectivity index (χ2v) is 14.4. The summed E-state index contributed by atoms with van der Waals surface area (Å²) in [4.78, 5) is 13.3. The summed E-state index contributed by atoms with van der Waals surface area (Å²) in [6.45, 7) is 3.43. The van der Waals surface area contributed by atoms with Gasteiger partial charge in [0.15, 0.2) is 0 Å². The van der Waals surface area contributed by atoms with Crippen molar-refractivity contribution in [2.45, 2.75) is 68.7 Å². The molecule has 3 saturated carbocycles. The van der Waals surface area contributed by atoms with Crippen LogP contribution in [0.4, 0.5) is 0 Å². The van der Waals surface area contributed by atoms with Crippen molar-refractivity contribution in [2.24, 2.45) is 28.6 Å². The number of ketones is 1. The minimum atomic E-state index is -0.486. The molecular weight excluding hydrogens is 448 g/mol.